The number of nitrogens with zero attached hydrogens (tertiary/aromatic N) is 1. The number of benzene rings is 2. The number of nitro groups is 1. The summed E-state index contributed by atoms with van der Waals surface area (Å²) < 4.78 is 0. The molecule has 2 rings (SSSR count). The molecule has 0 aliphatic rings. The molecule has 0 amide bonds. The van der Waals surface area contributed by atoms with Crippen molar-refractivity contribution in [2.45, 2.75) is 0 Å². The minimum absolute atomic E-state index is 0.0160. The largest absolute Gasteiger partial charge is 0.507 e. The summed E-state index contributed by atoms with van der Waals surface area (Å²) in [5, 5.41) is 30.2. The Bertz CT molecular complexity index is 550. The molecule has 0 unspecified atom stereocenters. The van der Waals surface area contributed by atoms with E-state index in [1.54, 1.807) is 0 Å². The van der Waals surface area contributed by atoms with Crippen LogP contribution in [0.2, 0.25) is 0 Å². The van der Waals surface area contributed by atoms with Crippen molar-refractivity contribution in [3.05, 3.63) is 40.4 Å². The van der Waals surface area contributed by atoms with E-state index >= 15 is 0 Å². The maximum atomic E-state index is 10.5. The van der Waals surface area contributed by atoms with Crippen molar-refractivity contribution >= 4 is 16.5 Å². The van der Waals surface area contributed by atoms with Crippen molar-refractivity contribution < 1.29 is 15.1 Å². The van der Waals surface area contributed by atoms with Crippen molar-refractivity contribution in [1.29, 1.82) is 0 Å². The molecule has 0 saturated heterocycles. The molecule has 2 aromatic rings. The van der Waals surface area contributed by atoms with Crippen LogP contribution < -0.4 is 0 Å². The van der Waals surface area contributed by atoms with Gasteiger partial charge in [0.05, 0.1) is 4.92 Å². The van der Waals surface area contributed by atoms with Gasteiger partial charge in [0.25, 0.3) is 0 Å². The summed E-state index contributed by atoms with van der Waals surface area (Å²) in [7, 11) is 0. The second-order valence-electron chi connectivity index (χ2n) is 3.06. The molecule has 0 aliphatic carbocycles. The summed E-state index contributed by atoms with van der Waals surface area (Å²) in [5.41, 5.74) is -0.367. The van der Waals surface area contributed by atoms with Crippen LogP contribution in [0.25, 0.3) is 10.8 Å². The Morgan fingerprint density at radius 2 is 1.80 bits per heavy atom. The molecule has 0 radical (unpaired) electrons. The van der Waals surface area contributed by atoms with Gasteiger partial charge in [0.15, 0.2) is 0 Å². The molecule has 76 valence electrons. The maximum Gasteiger partial charge on any atom is 0.311 e. The zero-order chi connectivity index (χ0) is 11.0. The third kappa shape index (κ3) is 1.34. The van der Waals surface area contributed by atoms with Crippen molar-refractivity contribution in [1.82, 2.24) is 0 Å². The van der Waals surface area contributed by atoms with Crippen LogP contribution in [0.5, 0.6) is 11.5 Å². The molecule has 5 heteroatoms. The Morgan fingerprint density at radius 1 is 1.07 bits per heavy atom. The Balaban J connectivity index is 2.86. The molecule has 0 saturated carbocycles. The smallest absolute Gasteiger partial charge is 0.311 e. The number of fused-ring (bicyclic) bond motifs is 1. The molecule has 0 atom stereocenters. The lowest BCUT2D eigenvalue weighted by molar-refractivity contribution is -0.385. The second-order valence-corrected chi connectivity index (χ2v) is 3.06. The third-order valence-electron chi connectivity index (χ3n) is 2.19. The Labute approximate surface area is 84.4 Å². The Morgan fingerprint density at radius 3 is 2.47 bits per heavy atom. The number of aromatic hydroxyl groups is 2. The van der Waals surface area contributed by atoms with Gasteiger partial charge >= 0.3 is 5.69 Å². The molecule has 0 bridgehead atoms. The highest BCUT2D eigenvalue weighted by molar-refractivity contribution is 5.95. The van der Waals surface area contributed by atoms with E-state index < -0.39 is 10.7 Å². The summed E-state index contributed by atoms with van der Waals surface area (Å²) >= 11 is 0. The second kappa shape index (κ2) is 3.13. The molecule has 5 nitrogen and oxygen atoms in total. The lowest BCUT2D eigenvalue weighted by Crippen LogP contribution is -1.88. The fourth-order valence-corrected chi connectivity index (χ4v) is 1.46. The molecular formula is C10H7NO4. The van der Waals surface area contributed by atoms with Crippen LogP contribution in [0.1, 0.15) is 0 Å². The summed E-state index contributed by atoms with van der Waals surface area (Å²) in [6, 6.07) is 7.05. The average molecular weight is 205 g/mol. The number of phenolic OH excluding ortho intramolecular Hbond substituents is 2. The van der Waals surface area contributed by atoms with Crippen molar-refractivity contribution in [3.63, 3.8) is 0 Å². The van der Waals surface area contributed by atoms with Crippen LogP contribution >= 0.6 is 0 Å². The standard InChI is InChI=1S/C10H7NO4/c12-9-3-1-2-7-6(9)4-5-8(10(7)13)11(14)15/h1-5,12-13H. The lowest BCUT2D eigenvalue weighted by atomic mass is 10.1. The number of phenols is 2. The summed E-state index contributed by atoms with van der Waals surface area (Å²) in [6.45, 7) is 0. The topological polar surface area (TPSA) is 83.6 Å². The van der Waals surface area contributed by atoms with Crippen LogP contribution in [-0.4, -0.2) is 15.1 Å². The van der Waals surface area contributed by atoms with Gasteiger partial charge in [-0.2, -0.15) is 0 Å². The Hall–Kier alpha value is -2.30. The molecule has 0 heterocycles. The highest BCUT2D eigenvalue weighted by Gasteiger charge is 2.16. The first-order chi connectivity index (χ1) is 7.11. The SMILES string of the molecule is O=[N+]([O-])c1ccc2c(O)cccc2c1O. The minimum atomic E-state index is -0.668. The van der Waals surface area contributed by atoms with Gasteiger partial charge in [0.1, 0.15) is 5.75 Å². The average Bonchev–Trinajstić information content (AvgIpc) is 2.19. The molecular weight excluding hydrogens is 198 g/mol. The van der Waals surface area contributed by atoms with E-state index in [9.17, 15) is 20.3 Å². The van der Waals surface area contributed by atoms with E-state index in [0.29, 0.717) is 5.39 Å². The van der Waals surface area contributed by atoms with E-state index in [2.05, 4.69) is 0 Å². The molecule has 0 spiro atoms. The van der Waals surface area contributed by atoms with E-state index in [1.807, 2.05) is 0 Å². The predicted molar refractivity (Wildman–Crippen MR) is 53.9 cm³/mol. The van der Waals surface area contributed by atoms with Crippen LogP contribution in [0.15, 0.2) is 30.3 Å². The van der Waals surface area contributed by atoms with Gasteiger partial charge in [0, 0.05) is 16.8 Å². The molecule has 0 aromatic heterocycles. The number of hydrogen-bond acceptors (Lipinski definition) is 4. The number of nitro benzene ring substituents is 1. The van der Waals surface area contributed by atoms with Gasteiger partial charge in [0.2, 0.25) is 5.75 Å². The highest BCUT2D eigenvalue weighted by Crippen LogP contribution is 2.37. The number of hydrogen-bond donors (Lipinski definition) is 2. The quantitative estimate of drug-likeness (QED) is 0.551. The van der Waals surface area contributed by atoms with E-state index in [-0.39, 0.29) is 16.8 Å². The van der Waals surface area contributed by atoms with Gasteiger partial charge in [-0.15, -0.1) is 0 Å². The zero-order valence-electron chi connectivity index (χ0n) is 7.54. The van der Waals surface area contributed by atoms with Crippen LogP contribution in [0, 0.1) is 10.1 Å². The van der Waals surface area contributed by atoms with Crippen molar-refractivity contribution in [2.75, 3.05) is 0 Å². The monoisotopic (exact) mass is 205 g/mol. The fourth-order valence-electron chi connectivity index (χ4n) is 1.46. The minimum Gasteiger partial charge on any atom is -0.507 e. The first-order valence-corrected chi connectivity index (χ1v) is 4.19. The van der Waals surface area contributed by atoms with Gasteiger partial charge < -0.3 is 10.2 Å². The zero-order valence-corrected chi connectivity index (χ0v) is 7.54. The molecule has 2 aromatic carbocycles. The van der Waals surface area contributed by atoms with Crippen molar-refractivity contribution in [3.8, 4) is 11.5 Å². The molecule has 0 aliphatic heterocycles. The fraction of sp³-hybridized carbons (Fsp3) is 0. The maximum absolute atomic E-state index is 10.5. The summed E-state index contributed by atoms with van der Waals surface area (Å²) in [6.07, 6.45) is 0. The van der Waals surface area contributed by atoms with Crippen LogP contribution in [0.4, 0.5) is 5.69 Å². The Kier molecular flexibility index (Phi) is 1.93. The van der Waals surface area contributed by atoms with Crippen molar-refractivity contribution in [2.24, 2.45) is 0 Å². The highest BCUT2D eigenvalue weighted by atomic mass is 16.6. The molecule has 15 heavy (non-hydrogen) atoms. The summed E-state index contributed by atoms with van der Waals surface area (Å²) in [5.74, 6) is -0.439. The predicted octanol–water partition coefficient (Wildman–Crippen LogP) is 2.16. The lowest BCUT2D eigenvalue weighted by Gasteiger charge is -2.03. The first-order valence-electron chi connectivity index (χ1n) is 4.19. The van der Waals surface area contributed by atoms with Gasteiger partial charge in [-0.05, 0) is 12.1 Å². The van der Waals surface area contributed by atoms with Crippen LogP contribution in [0.3, 0.4) is 0 Å². The van der Waals surface area contributed by atoms with E-state index in [0.717, 1.165) is 6.07 Å². The number of rotatable bonds is 1. The van der Waals surface area contributed by atoms with Gasteiger partial charge in [-0.1, -0.05) is 12.1 Å². The normalized spacial score (nSPS) is 10.4. The van der Waals surface area contributed by atoms with Gasteiger partial charge in [-0.25, -0.2) is 0 Å². The molecule has 2 N–H and O–H groups in total. The van der Waals surface area contributed by atoms with Gasteiger partial charge in [-0.3, -0.25) is 10.1 Å². The van der Waals surface area contributed by atoms with E-state index in [1.165, 1.54) is 24.3 Å². The summed E-state index contributed by atoms with van der Waals surface area (Å²) in [4.78, 5) is 9.87. The first kappa shape index (κ1) is 9.26. The third-order valence-corrected chi connectivity index (χ3v) is 2.19. The van der Waals surface area contributed by atoms with E-state index in [4.69, 9.17) is 0 Å². The molecule has 0 fully saturated rings. The van der Waals surface area contributed by atoms with Crippen LogP contribution in [-0.2, 0) is 0 Å².